The molecule has 1 unspecified atom stereocenters. The zero-order valence-corrected chi connectivity index (χ0v) is 14.3. The zero-order valence-electron chi connectivity index (χ0n) is 14.3. The Balaban J connectivity index is 1.77. The first-order valence-electron chi connectivity index (χ1n) is 8.46. The van der Waals surface area contributed by atoms with Gasteiger partial charge in [-0.15, -0.1) is 0 Å². The van der Waals surface area contributed by atoms with Crippen molar-refractivity contribution in [2.24, 2.45) is 0 Å². The van der Waals surface area contributed by atoms with Gasteiger partial charge in [0.05, 0.1) is 30.0 Å². The normalized spacial score (nSPS) is 17.6. The molecule has 4 rings (SSSR count). The molecule has 0 bridgehead atoms. The minimum Gasteiger partial charge on any atom is -0.379 e. The molecule has 1 fully saturated rings. The van der Waals surface area contributed by atoms with E-state index in [-0.39, 0.29) is 11.9 Å². The van der Waals surface area contributed by atoms with Crippen LogP contribution in [0.2, 0.25) is 0 Å². The maximum absolute atomic E-state index is 13.9. The molecule has 1 aliphatic heterocycles. The molecule has 1 aromatic carbocycles. The lowest BCUT2D eigenvalue weighted by atomic mass is 10.2. The first-order chi connectivity index (χ1) is 13.2. The van der Waals surface area contributed by atoms with Crippen molar-refractivity contribution in [2.45, 2.75) is 18.7 Å². The summed E-state index contributed by atoms with van der Waals surface area (Å²) in [7, 11) is 0. The van der Waals surface area contributed by atoms with Crippen LogP contribution >= 0.6 is 0 Å². The minimum atomic E-state index is -1.20. The maximum Gasteiger partial charge on any atom is 0.178 e. The number of aliphatic hydroxyl groups excluding tert-OH is 1. The van der Waals surface area contributed by atoms with Crippen molar-refractivity contribution >= 4 is 22.4 Å². The molecule has 3 aromatic rings. The Morgan fingerprint density at radius 3 is 3.07 bits per heavy atom. The van der Waals surface area contributed by atoms with Crippen LogP contribution in [0, 0.1) is 17.3 Å². The summed E-state index contributed by atoms with van der Waals surface area (Å²) >= 11 is 0. The summed E-state index contributed by atoms with van der Waals surface area (Å²) in [5, 5.41) is 29.5. The van der Waals surface area contributed by atoms with Gasteiger partial charge in [0, 0.05) is 23.8 Å². The van der Waals surface area contributed by atoms with Crippen LogP contribution in [0.4, 0.5) is 15.9 Å². The molecule has 3 N–H and O–H groups in total. The monoisotopic (exact) mass is 368 g/mol. The van der Waals surface area contributed by atoms with Crippen LogP contribution in [-0.2, 0) is 4.74 Å². The molecule has 0 saturated carbocycles. The lowest BCUT2D eigenvalue weighted by molar-refractivity contribution is 0.159. The zero-order chi connectivity index (χ0) is 18.8. The van der Waals surface area contributed by atoms with Gasteiger partial charge in [-0.05, 0) is 30.7 Å². The fourth-order valence-corrected chi connectivity index (χ4v) is 3.21. The third kappa shape index (κ3) is 3.28. The van der Waals surface area contributed by atoms with Gasteiger partial charge in [-0.2, -0.15) is 10.4 Å². The largest absolute Gasteiger partial charge is 0.379 e. The van der Waals surface area contributed by atoms with Gasteiger partial charge in [-0.25, -0.2) is 4.39 Å². The van der Waals surface area contributed by atoms with E-state index in [1.54, 1.807) is 18.3 Å². The summed E-state index contributed by atoms with van der Waals surface area (Å²) < 4.78 is 21.2. The number of aliphatic hydroxyl groups is 1. The first kappa shape index (κ1) is 17.2. The summed E-state index contributed by atoms with van der Waals surface area (Å²) in [6, 6.07) is 6.17. The van der Waals surface area contributed by atoms with Crippen LogP contribution in [-0.4, -0.2) is 33.1 Å². The van der Waals surface area contributed by atoms with Crippen LogP contribution in [0.15, 0.2) is 36.7 Å². The second-order valence-electron chi connectivity index (χ2n) is 6.22. The van der Waals surface area contributed by atoms with E-state index in [0.717, 1.165) is 11.9 Å². The summed E-state index contributed by atoms with van der Waals surface area (Å²) in [6.45, 7) is 1.21. The van der Waals surface area contributed by atoms with Crippen LogP contribution < -0.4 is 10.6 Å². The minimum absolute atomic E-state index is 0.0766. The van der Waals surface area contributed by atoms with E-state index in [4.69, 9.17) is 10.00 Å². The molecule has 0 spiro atoms. The van der Waals surface area contributed by atoms with Crippen LogP contribution in [0.5, 0.6) is 0 Å². The molecular weight excluding hydrogens is 351 g/mol. The van der Waals surface area contributed by atoms with Gasteiger partial charge < -0.3 is 15.2 Å². The molecule has 2 aromatic heterocycles. The summed E-state index contributed by atoms with van der Waals surface area (Å²) in [4.78, 5) is 4.05. The van der Waals surface area contributed by atoms with Gasteiger partial charge in [0.1, 0.15) is 5.82 Å². The smallest absolute Gasteiger partial charge is 0.178 e. The number of ether oxygens (including phenoxy) is 1. The van der Waals surface area contributed by atoms with Gasteiger partial charge in [0.15, 0.2) is 18.2 Å². The third-order valence-corrected chi connectivity index (χ3v) is 4.52. The average Bonchev–Trinajstić information content (AvgIpc) is 3.31. The molecule has 8 nitrogen and oxygen atoms in total. The molecule has 0 radical (unpaired) electrons. The molecular formula is C18H17FN6O2. The highest BCUT2D eigenvalue weighted by molar-refractivity contribution is 5.92. The van der Waals surface area contributed by atoms with E-state index >= 15 is 0 Å². The van der Waals surface area contributed by atoms with Crippen molar-refractivity contribution in [1.82, 2.24) is 20.1 Å². The second kappa shape index (κ2) is 7.19. The number of aromatic nitrogens is 3. The molecule has 27 heavy (non-hydrogen) atoms. The Labute approximate surface area is 154 Å². The van der Waals surface area contributed by atoms with E-state index in [0.29, 0.717) is 35.7 Å². The summed E-state index contributed by atoms with van der Waals surface area (Å²) in [6.07, 6.45) is 4.36. The van der Waals surface area contributed by atoms with Crippen molar-refractivity contribution in [3.8, 4) is 6.19 Å². The van der Waals surface area contributed by atoms with Crippen molar-refractivity contribution in [3.63, 3.8) is 0 Å². The lowest BCUT2D eigenvalue weighted by Crippen LogP contribution is -2.16. The molecule has 0 aliphatic carbocycles. The Morgan fingerprint density at radius 2 is 2.30 bits per heavy atom. The lowest BCUT2D eigenvalue weighted by Gasteiger charge is -2.14. The number of nitrogens with one attached hydrogen (secondary N) is 2. The van der Waals surface area contributed by atoms with E-state index < -0.39 is 6.23 Å². The Kier molecular flexibility index (Phi) is 4.58. The van der Waals surface area contributed by atoms with Crippen molar-refractivity contribution in [2.75, 3.05) is 18.5 Å². The van der Waals surface area contributed by atoms with E-state index in [1.807, 2.05) is 4.68 Å². The number of hydrogen-bond acceptors (Lipinski definition) is 7. The van der Waals surface area contributed by atoms with Gasteiger partial charge in [0.2, 0.25) is 0 Å². The average molecular weight is 368 g/mol. The van der Waals surface area contributed by atoms with Gasteiger partial charge in [0.25, 0.3) is 0 Å². The second-order valence-corrected chi connectivity index (χ2v) is 6.22. The summed E-state index contributed by atoms with van der Waals surface area (Å²) in [5.74, 6) is 0.0696. The Bertz CT molecular complexity index is 1010. The highest BCUT2D eigenvalue weighted by Crippen LogP contribution is 2.32. The molecule has 9 heteroatoms. The van der Waals surface area contributed by atoms with Crippen LogP contribution in [0.3, 0.4) is 0 Å². The van der Waals surface area contributed by atoms with Crippen molar-refractivity contribution in [3.05, 3.63) is 48.0 Å². The molecule has 3 heterocycles. The SMILES string of the molecule is N#CNC(O)c1ccncc1Nc1nn([C@H]2CCOC2)c2ccc(F)cc12. The van der Waals surface area contributed by atoms with E-state index in [1.165, 1.54) is 24.5 Å². The van der Waals surface area contributed by atoms with Crippen molar-refractivity contribution < 1.29 is 14.2 Å². The predicted molar refractivity (Wildman–Crippen MR) is 95.4 cm³/mol. The number of nitriles is 1. The topological polar surface area (TPSA) is 108 Å². The molecule has 1 saturated heterocycles. The number of pyridine rings is 1. The fraction of sp³-hybridized carbons (Fsp3) is 0.278. The number of anilines is 2. The molecule has 0 amide bonds. The highest BCUT2D eigenvalue weighted by atomic mass is 19.1. The predicted octanol–water partition coefficient (Wildman–Crippen LogP) is 2.34. The number of halogens is 1. The molecule has 1 aliphatic rings. The fourth-order valence-electron chi connectivity index (χ4n) is 3.21. The number of benzene rings is 1. The van der Waals surface area contributed by atoms with Crippen LogP contribution in [0.25, 0.3) is 10.9 Å². The number of nitrogens with zero attached hydrogens (tertiary/aromatic N) is 4. The van der Waals surface area contributed by atoms with Crippen LogP contribution in [0.1, 0.15) is 24.3 Å². The van der Waals surface area contributed by atoms with Gasteiger partial charge >= 0.3 is 0 Å². The quantitative estimate of drug-likeness (QED) is 0.360. The molecule has 2 atom stereocenters. The number of fused-ring (bicyclic) bond motifs is 1. The Morgan fingerprint density at radius 1 is 1.41 bits per heavy atom. The standard InChI is InChI=1S/C18H17FN6O2/c19-11-1-2-16-14(7-11)17(24-25(16)12-4-6-27-9-12)23-15-8-21-5-3-13(15)18(26)22-10-20/h1-3,5,7-8,12,18,22,26H,4,6,9H2,(H,23,24)/t12-,18?/m0/s1. The maximum atomic E-state index is 13.9. The van der Waals surface area contributed by atoms with Gasteiger partial charge in [-0.3, -0.25) is 15.0 Å². The van der Waals surface area contributed by atoms with E-state index in [2.05, 4.69) is 20.7 Å². The highest BCUT2D eigenvalue weighted by Gasteiger charge is 2.23. The van der Waals surface area contributed by atoms with Crippen molar-refractivity contribution in [1.29, 1.82) is 5.26 Å². The van der Waals surface area contributed by atoms with Gasteiger partial charge in [-0.1, -0.05) is 0 Å². The molecule has 138 valence electrons. The van der Waals surface area contributed by atoms with E-state index in [9.17, 15) is 9.50 Å². The number of rotatable bonds is 5. The summed E-state index contributed by atoms with van der Waals surface area (Å²) in [5.41, 5.74) is 1.68. The number of hydrogen-bond donors (Lipinski definition) is 3. The third-order valence-electron chi connectivity index (χ3n) is 4.52. The Hall–Kier alpha value is -3.22. The first-order valence-corrected chi connectivity index (χ1v) is 8.46.